The SMILES string of the molecule is CC(C)c1nc2oc3c(NCCN(C)C)ncnc3c2c2c1CCC2. The molecule has 0 fully saturated rings. The third-order valence-electron chi connectivity index (χ3n) is 4.90. The summed E-state index contributed by atoms with van der Waals surface area (Å²) >= 11 is 0. The lowest BCUT2D eigenvalue weighted by atomic mass is 9.99. The highest BCUT2D eigenvalue weighted by atomic mass is 16.3. The summed E-state index contributed by atoms with van der Waals surface area (Å²) in [4.78, 5) is 15.9. The maximum absolute atomic E-state index is 6.14. The Morgan fingerprint density at radius 3 is 2.76 bits per heavy atom. The minimum absolute atomic E-state index is 0.397. The molecule has 1 aliphatic carbocycles. The summed E-state index contributed by atoms with van der Waals surface area (Å²) in [7, 11) is 4.11. The van der Waals surface area contributed by atoms with Crippen LogP contribution in [0.3, 0.4) is 0 Å². The summed E-state index contributed by atoms with van der Waals surface area (Å²) in [5, 5.41) is 4.46. The first kappa shape index (κ1) is 16.3. The van der Waals surface area contributed by atoms with Crippen LogP contribution >= 0.6 is 0 Å². The quantitative estimate of drug-likeness (QED) is 0.769. The van der Waals surface area contributed by atoms with Crippen molar-refractivity contribution in [3.05, 3.63) is 23.1 Å². The Morgan fingerprint density at radius 2 is 2.00 bits per heavy atom. The number of furan rings is 1. The summed E-state index contributed by atoms with van der Waals surface area (Å²) in [5.41, 5.74) is 6.28. The van der Waals surface area contributed by atoms with E-state index in [0.29, 0.717) is 11.6 Å². The Bertz CT molecular complexity index is 929. The summed E-state index contributed by atoms with van der Waals surface area (Å²) in [6.45, 7) is 6.13. The standard InChI is InChI=1S/C19H25N5O/c1-11(2)15-13-7-5-6-12(13)14-16-17(25-19(14)23-15)18(22-10-21-16)20-8-9-24(3)4/h10-11H,5-9H2,1-4H3,(H,20,21,22). The molecule has 0 saturated carbocycles. The van der Waals surface area contributed by atoms with Gasteiger partial charge in [-0.3, -0.25) is 0 Å². The second kappa shape index (κ2) is 6.26. The predicted molar refractivity (Wildman–Crippen MR) is 100 cm³/mol. The third-order valence-corrected chi connectivity index (χ3v) is 4.90. The van der Waals surface area contributed by atoms with Crippen LogP contribution < -0.4 is 5.32 Å². The van der Waals surface area contributed by atoms with E-state index in [0.717, 1.165) is 48.2 Å². The van der Waals surface area contributed by atoms with Crippen LogP contribution in [-0.4, -0.2) is 47.0 Å². The molecule has 3 heterocycles. The fourth-order valence-corrected chi connectivity index (χ4v) is 3.73. The molecule has 1 aliphatic rings. The number of hydrogen-bond acceptors (Lipinski definition) is 6. The fraction of sp³-hybridized carbons (Fsp3) is 0.526. The number of aromatic nitrogens is 3. The molecular weight excluding hydrogens is 314 g/mol. The number of hydrogen-bond donors (Lipinski definition) is 1. The number of nitrogens with one attached hydrogen (secondary N) is 1. The van der Waals surface area contributed by atoms with Crippen molar-refractivity contribution in [2.75, 3.05) is 32.5 Å². The van der Waals surface area contributed by atoms with Crippen LogP contribution in [0.15, 0.2) is 10.7 Å². The molecule has 0 bridgehead atoms. The van der Waals surface area contributed by atoms with Crippen LogP contribution in [0.25, 0.3) is 22.2 Å². The molecule has 132 valence electrons. The summed E-state index contributed by atoms with van der Waals surface area (Å²) in [6, 6.07) is 0. The largest absolute Gasteiger partial charge is 0.432 e. The van der Waals surface area contributed by atoms with Crippen molar-refractivity contribution in [1.82, 2.24) is 19.9 Å². The number of rotatable bonds is 5. The van der Waals surface area contributed by atoms with Crippen LogP contribution in [-0.2, 0) is 12.8 Å². The topological polar surface area (TPSA) is 67.1 Å². The molecule has 1 N–H and O–H groups in total. The van der Waals surface area contributed by atoms with E-state index in [4.69, 9.17) is 9.40 Å². The van der Waals surface area contributed by atoms with Crippen LogP contribution in [0, 0.1) is 0 Å². The van der Waals surface area contributed by atoms with Gasteiger partial charge in [-0.2, -0.15) is 0 Å². The van der Waals surface area contributed by atoms with E-state index in [2.05, 4.69) is 48.1 Å². The molecule has 3 aromatic heterocycles. The van der Waals surface area contributed by atoms with Gasteiger partial charge in [0.1, 0.15) is 11.8 Å². The smallest absolute Gasteiger partial charge is 0.229 e. The Labute approximate surface area is 147 Å². The van der Waals surface area contributed by atoms with Crippen molar-refractivity contribution in [1.29, 1.82) is 0 Å². The fourth-order valence-electron chi connectivity index (χ4n) is 3.73. The Morgan fingerprint density at radius 1 is 1.20 bits per heavy atom. The number of fused-ring (bicyclic) bond motifs is 5. The van der Waals surface area contributed by atoms with Gasteiger partial charge in [0, 0.05) is 13.1 Å². The summed E-state index contributed by atoms with van der Waals surface area (Å²) < 4.78 is 6.14. The Hall–Kier alpha value is -2.21. The molecular formula is C19H25N5O. The molecule has 6 nitrogen and oxygen atoms in total. The van der Waals surface area contributed by atoms with E-state index in [1.54, 1.807) is 6.33 Å². The second-order valence-electron chi connectivity index (χ2n) is 7.37. The van der Waals surface area contributed by atoms with Crippen LogP contribution in [0.5, 0.6) is 0 Å². The van der Waals surface area contributed by atoms with E-state index in [1.807, 2.05) is 0 Å². The van der Waals surface area contributed by atoms with Crippen molar-refractivity contribution in [2.45, 2.75) is 39.0 Å². The number of anilines is 1. The molecule has 0 amide bonds. The number of pyridine rings is 1. The van der Waals surface area contributed by atoms with Gasteiger partial charge in [-0.05, 0) is 50.4 Å². The molecule has 4 rings (SSSR count). The van der Waals surface area contributed by atoms with Gasteiger partial charge in [0.25, 0.3) is 0 Å². The van der Waals surface area contributed by atoms with Crippen molar-refractivity contribution in [2.24, 2.45) is 0 Å². The molecule has 0 radical (unpaired) electrons. The third kappa shape index (κ3) is 2.74. The highest BCUT2D eigenvalue weighted by Gasteiger charge is 2.26. The van der Waals surface area contributed by atoms with Gasteiger partial charge in [-0.25, -0.2) is 15.0 Å². The molecule has 0 saturated heterocycles. The number of aryl methyl sites for hydroxylation is 1. The Kier molecular flexibility index (Phi) is 4.07. The average Bonchev–Trinajstić information content (AvgIpc) is 3.17. The van der Waals surface area contributed by atoms with Crippen molar-refractivity contribution < 1.29 is 4.42 Å². The zero-order valence-electron chi connectivity index (χ0n) is 15.4. The van der Waals surface area contributed by atoms with E-state index < -0.39 is 0 Å². The van der Waals surface area contributed by atoms with Gasteiger partial charge in [0.15, 0.2) is 11.4 Å². The molecule has 0 atom stereocenters. The average molecular weight is 339 g/mol. The van der Waals surface area contributed by atoms with Crippen molar-refractivity contribution in [3.8, 4) is 0 Å². The second-order valence-corrected chi connectivity index (χ2v) is 7.37. The van der Waals surface area contributed by atoms with Crippen LogP contribution in [0.1, 0.15) is 43.0 Å². The Balaban J connectivity index is 1.87. The highest BCUT2D eigenvalue weighted by molar-refractivity contribution is 6.06. The van der Waals surface area contributed by atoms with Crippen molar-refractivity contribution >= 4 is 28.0 Å². The maximum Gasteiger partial charge on any atom is 0.229 e. The van der Waals surface area contributed by atoms with Gasteiger partial charge in [0.05, 0.1) is 11.1 Å². The molecule has 25 heavy (non-hydrogen) atoms. The molecule has 6 heteroatoms. The van der Waals surface area contributed by atoms with Gasteiger partial charge in [-0.15, -0.1) is 0 Å². The molecule has 0 aromatic carbocycles. The highest BCUT2D eigenvalue weighted by Crippen LogP contribution is 2.39. The normalized spacial score (nSPS) is 14.2. The van der Waals surface area contributed by atoms with Crippen LogP contribution in [0.2, 0.25) is 0 Å². The lowest BCUT2D eigenvalue weighted by molar-refractivity contribution is 0.425. The van der Waals surface area contributed by atoms with Crippen LogP contribution in [0.4, 0.5) is 5.82 Å². The maximum atomic E-state index is 6.14. The van der Waals surface area contributed by atoms with Gasteiger partial charge < -0.3 is 14.6 Å². The minimum atomic E-state index is 0.397. The summed E-state index contributed by atoms with van der Waals surface area (Å²) in [5.74, 6) is 1.15. The first-order valence-corrected chi connectivity index (χ1v) is 9.03. The zero-order valence-corrected chi connectivity index (χ0v) is 15.4. The molecule has 0 aliphatic heterocycles. The predicted octanol–water partition coefficient (Wildman–Crippen LogP) is 3.36. The van der Waals surface area contributed by atoms with Crippen molar-refractivity contribution in [3.63, 3.8) is 0 Å². The zero-order chi connectivity index (χ0) is 17.6. The molecule has 0 unspecified atom stereocenters. The van der Waals surface area contributed by atoms with Gasteiger partial charge >= 0.3 is 0 Å². The number of nitrogens with zero attached hydrogens (tertiary/aromatic N) is 4. The first-order chi connectivity index (χ1) is 12.1. The lowest BCUT2D eigenvalue weighted by Crippen LogP contribution is -2.21. The van der Waals surface area contributed by atoms with E-state index in [-0.39, 0.29) is 0 Å². The first-order valence-electron chi connectivity index (χ1n) is 9.03. The summed E-state index contributed by atoms with van der Waals surface area (Å²) in [6.07, 6.45) is 4.99. The monoisotopic (exact) mass is 339 g/mol. The van der Waals surface area contributed by atoms with E-state index in [9.17, 15) is 0 Å². The van der Waals surface area contributed by atoms with Gasteiger partial charge in [-0.1, -0.05) is 13.8 Å². The van der Waals surface area contributed by atoms with E-state index >= 15 is 0 Å². The lowest BCUT2D eigenvalue weighted by Gasteiger charge is -2.11. The molecule has 0 spiro atoms. The number of likely N-dealkylation sites (N-methyl/N-ethyl adjacent to an activating group) is 1. The van der Waals surface area contributed by atoms with Gasteiger partial charge in [0.2, 0.25) is 5.71 Å². The molecule has 3 aromatic rings. The minimum Gasteiger partial charge on any atom is -0.432 e. The van der Waals surface area contributed by atoms with E-state index in [1.165, 1.54) is 23.2 Å².